The summed E-state index contributed by atoms with van der Waals surface area (Å²) < 4.78 is 43.9. The lowest BCUT2D eigenvalue weighted by atomic mass is 9.67. The van der Waals surface area contributed by atoms with Gasteiger partial charge in [-0.1, -0.05) is 23.2 Å². The second-order valence-electron chi connectivity index (χ2n) is 12.4. The summed E-state index contributed by atoms with van der Waals surface area (Å²) >= 11 is 12.6. The summed E-state index contributed by atoms with van der Waals surface area (Å²) in [6.07, 6.45) is 0.378. The number of ketones is 1. The van der Waals surface area contributed by atoms with E-state index in [1.54, 1.807) is 26.0 Å². The zero-order chi connectivity index (χ0) is 29.9. The average Bonchev–Trinajstić information content (AvgIpc) is 3.52. The van der Waals surface area contributed by atoms with Crippen molar-refractivity contribution in [2.75, 3.05) is 0 Å². The number of aryl methyl sites for hydroxylation is 1. The quantitative estimate of drug-likeness (QED) is 0.304. The fourth-order valence-corrected chi connectivity index (χ4v) is 7.36. The lowest BCUT2D eigenvalue weighted by Crippen LogP contribution is -2.47. The van der Waals surface area contributed by atoms with E-state index in [2.05, 4.69) is 10.4 Å². The van der Waals surface area contributed by atoms with Crippen LogP contribution < -0.4 is 5.32 Å². The number of Topliss-reactive ketones (excluding diaryl/α,β-unsaturated/α-hetero) is 1. The third kappa shape index (κ3) is 5.87. The number of aliphatic carboxylic acids is 1. The van der Waals surface area contributed by atoms with Gasteiger partial charge in [-0.05, 0) is 94.2 Å². The number of amides is 1. The van der Waals surface area contributed by atoms with Crippen LogP contribution in [-0.2, 0) is 11.0 Å². The Morgan fingerprint density at radius 3 is 2.22 bits per heavy atom. The van der Waals surface area contributed by atoms with Gasteiger partial charge in [-0.2, -0.15) is 18.3 Å². The topological polar surface area (TPSA) is 101 Å². The van der Waals surface area contributed by atoms with Crippen LogP contribution in [0.2, 0.25) is 10.0 Å². The van der Waals surface area contributed by atoms with Crippen LogP contribution in [0.5, 0.6) is 0 Å². The third-order valence-corrected chi connectivity index (χ3v) is 9.93. The highest BCUT2D eigenvalue weighted by Gasteiger charge is 2.55. The minimum Gasteiger partial charge on any atom is -0.481 e. The average molecular weight is 614 g/mol. The summed E-state index contributed by atoms with van der Waals surface area (Å²) in [6.45, 7) is 3.37. The van der Waals surface area contributed by atoms with Crippen LogP contribution in [0.25, 0.3) is 0 Å². The highest BCUT2D eigenvalue weighted by molar-refractivity contribution is 6.40. The summed E-state index contributed by atoms with van der Waals surface area (Å²) in [4.78, 5) is 38.3. The van der Waals surface area contributed by atoms with E-state index in [-0.39, 0.29) is 59.0 Å². The number of carboxylic acid groups (broad SMARTS) is 1. The highest BCUT2D eigenvalue weighted by atomic mass is 35.5. The van der Waals surface area contributed by atoms with Crippen LogP contribution in [-0.4, -0.2) is 38.6 Å². The molecule has 3 saturated carbocycles. The van der Waals surface area contributed by atoms with Crippen LogP contribution in [0, 0.1) is 23.7 Å². The van der Waals surface area contributed by atoms with Crippen molar-refractivity contribution >= 4 is 40.9 Å². The molecule has 1 aromatic heterocycles. The smallest absolute Gasteiger partial charge is 0.433 e. The van der Waals surface area contributed by atoms with E-state index in [0.29, 0.717) is 0 Å². The van der Waals surface area contributed by atoms with Gasteiger partial charge in [0.25, 0.3) is 5.91 Å². The Morgan fingerprint density at radius 1 is 1.12 bits per heavy atom. The molecule has 1 amide bonds. The van der Waals surface area contributed by atoms with E-state index in [0.717, 1.165) is 42.1 Å². The van der Waals surface area contributed by atoms with Crippen molar-refractivity contribution in [2.45, 2.75) is 89.9 Å². The molecule has 0 saturated heterocycles. The molecule has 3 aliphatic carbocycles. The zero-order valence-corrected chi connectivity index (χ0v) is 24.3. The third-order valence-electron chi connectivity index (χ3n) is 9.33. The number of hydrogen-bond acceptors (Lipinski definition) is 4. The Hall–Kier alpha value is -2.59. The van der Waals surface area contributed by atoms with Gasteiger partial charge in [0.15, 0.2) is 11.5 Å². The molecule has 0 aliphatic heterocycles. The number of hydrogen-bond donors (Lipinski definition) is 2. The number of halogens is 5. The molecule has 1 heterocycles. The molecule has 0 bridgehead atoms. The predicted molar refractivity (Wildman–Crippen MR) is 146 cm³/mol. The van der Waals surface area contributed by atoms with Gasteiger partial charge in [-0.25, -0.2) is 0 Å². The molecule has 1 atom stereocenters. The number of carboxylic acids is 1. The molecule has 41 heavy (non-hydrogen) atoms. The van der Waals surface area contributed by atoms with Crippen molar-refractivity contribution < 1.29 is 32.7 Å². The number of aromatic nitrogens is 2. The molecule has 5 rings (SSSR count). The van der Waals surface area contributed by atoms with E-state index >= 15 is 0 Å². The molecule has 3 fully saturated rings. The number of nitrogens with zero attached hydrogens (tertiary/aromatic N) is 2. The summed E-state index contributed by atoms with van der Waals surface area (Å²) in [5, 5.41) is 16.6. The van der Waals surface area contributed by atoms with Gasteiger partial charge in [0.1, 0.15) is 0 Å². The molecule has 2 N–H and O–H groups in total. The Balaban J connectivity index is 1.38. The van der Waals surface area contributed by atoms with Gasteiger partial charge < -0.3 is 10.4 Å². The molecule has 2 aromatic rings. The SMILES string of the molecule is Cc1cc(Cl)c(C(=O)CC(NC(=O)c2cnn(C3CCC(C)(C(=O)O)CC3)c2C(F)(F)F)C2CC3(CC3)C2)c(Cl)c1. The number of carbonyl (C=O) groups is 3. The maximum atomic E-state index is 14.4. The van der Waals surface area contributed by atoms with Gasteiger partial charge >= 0.3 is 12.1 Å². The lowest BCUT2D eigenvalue weighted by Gasteiger charge is -2.41. The first-order valence-electron chi connectivity index (χ1n) is 13.8. The summed E-state index contributed by atoms with van der Waals surface area (Å²) in [5.41, 5.74) is -1.66. The zero-order valence-electron chi connectivity index (χ0n) is 22.8. The molecule has 1 unspecified atom stereocenters. The van der Waals surface area contributed by atoms with Crippen molar-refractivity contribution in [3.8, 4) is 0 Å². The molecule has 12 heteroatoms. The van der Waals surface area contributed by atoms with Crippen molar-refractivity contribution in [3.05, 3.63) is 50.8 Å². The lowest BCUT2D eigenvalue weighted by molar-refractivity contribution is -0.152. The molecule has 1 spiro atoms. The van der Waals surface area contributed by atoms with E-state index in [4.69, 9.17) is 23.2 Å². The minimum atomic E-state index is -4.88. The van der Waals surface area contributed by atoms with Crippen LogP contribution in [0.1, 0.15) is 103 Å². The van der Waals surface area contributed by atoms with Gasteiger partial charge in [0.05, 0.1) is 38.8 Å². The molecular weight excluding hydrogens is 582 g/mol. The van der Waals surface area contributed by atoms with Gasteiger partial charge in [-0.15, -0.1) is 0 Å². The van der Waals surface area contributed by atoms with Gasteiger partial charge in [0.2, 0.25) is 0 Å². The molecule has 1 aromatic carbocycles. The number of alkyl halides is 3. The second kappa shape index (κ2) is 10.6. The fourth-order valence-electron chi connectivity index (χ4n) is 6.56. The highest BCUT2D eigenvalue weighted by Crippen LogP contribution is 2.64. The van der Waals surface area contributed by atoms with Gasteiger partial charge in [-0.3, -0.25) is 19.1 Å². The second-order valence-corrected chi connectivity index (χ2v) is 13.2. The maximum absolute atomic E-state index is 14.4. The minimum absolute atomic E-state index is 0.0650. The van der Waals surface area contributed by atoms with Crippen molar-refractivity contribution in [2.24, 2.45) is 16.7 Å². The number of rotatable bonds is 8. The molecule has 222 valence electrons. The van der Waals surface area contributed by atoms with Crippen LogP contribution in [0.4, 0.5) is 13.2 Å². The first kappa shape index (κ1) is 29.9. The first-order valence-corrected chi connectivity index (χ1v) is 14.6. The van der Waals surface area contributed by atoms with Crippen LogP contribution in [0.15, 0.2) is 18.3 Å². The van der Waals surface area contributed by atoms with Gasteiger partial charge in [0, 0.05) is 12.5 Å². The number of benzene rings is 1. The Bertz CT molecular complexity index is 1360. The fraction of sp³-hybridized carbons (Fsp3) is 0.586. The largest absolute Gasteiger partial charge is 0.481 e. The maximum Gasteiger partial charge on any atom is 0.433 e. The Morgan fingerprint density at radius 2 is 1.71 bits per heavy atom. The van der Waals surface area contributed by atoms with E-state index in [1.807, 2.05) is 0 Å². The normalized spacial score (nSPS) is 24.5. The van der Waals surface area contributed by atoms with E-state index in [9.17, 15) is 32.7 Å². The van der Waals surface area contributed by atoms with Crippen molar-refractivity contribution in [3.63, 3.8) is 0 Å². The predicted octanol–water partition coefficient (Wildman–Crippen LogP) is 7.28. The Kier molecular flexibility index (Phi) is 7.72. The van der Waals surface area contributed by atoms with E-state index < -0.39 is 52.6 Å². The van der Waals surface area contributed by atoms with Crippen LogP contribution in [0.3, 0.4) is 0 Å². The van der Waals surface area contributed by atoms with E-state index in [1.165, 1.54) is 0 Å². The van der Waals surface area contributed by atoms with Crippen molar-refractivity contribution in [1.82, 2.24) is 15.1 Å². The molecule has 3 aliphatic rings. The van der Waals surface area contributed by atoms with Crippen molar-refractivity contribution in [1.29, 1.82) is 0 Å². The Labute approximate surface area is 245 Å². The number of nitrogens with one attached hydrogen (secondary N) is 1. The standard InChI is InChI=1S/C29H32Cl2F3N3O4/c1-15-9-19(30)23(20(31)10-15)22(38)11-21(16-12-28(13-16)7-8-28)36-25(39)18-14-35-37(24(18)29(32,33)34)17-3-5-27(2,6-4-17)26(40)41/h9-10,14,16-17,21H,3-8,11-13H2,1-2H3,(H,36,39)(H,40,41). The monoisotopic (exact) mass is 613 g/mol. The summed E-state index contributed by atoms with van der Waals surface area (Å²) in [6, 6.07) is 1.84. The number of carbonyl (C=O) groups excluding carboxylic acids is 2. The molecule has 7 nitrogen and oxygen atoms in total. The molecular formula is C29H32Cl2F3N3O4. The van der Waals surface area contributed by atoms with Crippen LogP contribution >= 0.6 is 23.2 Å². The first-order chi connectivity index (χ1) is 19.1. The summed E-state index contributed by atoms with van der Waals surface area (Å²) in [5.74, 6) is -2.39. The summed E-state index contributed by atoms with van der Waals surface area (Å²) in [7, 11) is 0. The molecule has 0 radical (unpaired) electrons.